The summed E-state index contributed by atoms with van der Waals surface area (Å²) in [6, 6.07) is 0. The molecule has 0 aromatic heterocycles. The van der Waals surface area contributed by atoms with Gasteiger partial charge in [0.1, 0.15) is 73.2 Å². The first-order chi connectivity index (χ1) is 22.4. The summed E-state index contributed by atoms with van der Waals surface area (Å²) < 4.78 is 118. The summed E-state index contributed by atoms with van der Waals surface area (Å²) in [7, 11) is -43.9. The SMILES string of the molecule is O=P(O)(O)OC1C(O)C(O)C(O)C(O)C1OP(=O)(O)OC1[C@@H](OP(=O)(O)O)[C@H](OP(=O)(O)O)C(OP(=O)(O)O)[C@H](OP(=O)(O)O)[C@@H]1OP(=O)(O)O. The minimum atomic E-state index is -6.62. The van der Waals surface area contributed by atoms with Crippen LogP contribution in [0.2, 0.25) is 0 Å². The maximum absolute atomic E-state index is 13.3. The van der Waals surface area contributed by atoms with E-state index in [1.165, 1.54) is 0 Å². The molecule has 2 saturated carbocycles. The third-order valence-electron chi connectivity index (χ3n) is 6.05. The van der Waals surface area contributed by atoms with Crippen LogP contribution in [0.3, 0.4) is 0 Å². The van der Waals surface area contributed by atoms with Crippen LogP contribution in [-0.4, -0.2) is 157 Å². The molecule has 0 aromatic carbocycles. The lowest BCUT2D eigenvalue weighted by Crippen LogP contribution is -2.66. The molecule has 0 radical (unpaired) electrons. The highest BCUT2D eigenvalue weighted by Crippen LogP contribution is 2.59. The molecule has 2 aliphatic rings. The fourth-order valence-corrected chi connectivity index (χ4v) is 9.05. The van der Waals surface area contributed by atoms with Crippen molar-refractivity contribution in [3.05, 3.63) is 0 Å². The fraction of sp³-hybridized carbons (Fsp3) is 1.00. The zero-order valence-electron chi connectivity index (χ0n) is 23.8. The molecule has 304 valence electrons. The summed E-state index contributed by atoms with van der Waals surface area (Å²) in [5.41, 5.74) is 0. The van der Waals surface area contributed by atoms with Gasteiger partial charge in [0.2, 0.25) is 0 Å². The zero-order chi connectivity index (χ0) is 40.1. The van der Waals surface area contributed by atoms with Gasteiger partial charge in [-0.15, -0.1) is 0 Å². The second-order valence-electron chi connectivity index (χ2n) is 9.93. The first kappa shape index (κ1) is 47.8. The summed E-state index contributed by atoms with van der Waals surface area (Å²) in [6.07, 6.45) is -37.2. The lowest BCUT2D eigenvalue weighted by molar-refractivity contribution is -0.222. The highest BCUT2D eigenvalue weighted by atomic mass is 31.2. The molecule has 13 atom stereocenters. The van der Waals surface area contributed by atoms with E-state index in [-0.39, 0.29) is 0 Å². The van der Waals surface area contributed by atoms with Gasteiger partial charge in [0.15, 0.2) is 0 Å². The van der Waals surface area contributed by atoms with E-state index < -0.39 is 128 Å². The highest BCUT2D eigenvalue weighted by Gasteiger charge is 2.63. The largest absolute Gasteiger partial charge is 0.473 e. The van der Waals surface area contributed by atoms with Crippen molar-refractivity contribution in [2.24, 2.45) is 0 Å². The van der Waals surface area contributed by atoms with Crippen LogP contribution >= 0.6 is 54.8 Å². The van der Waals surface area contributed by atoms with Crippen molar-refractivity contribution in [3.8, 4) is 0 Å². The van der Waals surface area contributed by atoms with Crippen LogP contribution in [-0.2, 0) is 68.1 Å². The molecule has 9 unspecified atom stereocenters. The quantitative estimate of drug-likeness (QED) is 0.0642. The van der Waals surface area contributed by atoms with Crippen LogP contribution in [0.5, 0.6) is 0 Å². The number of hydrogen-bond acceptors (Lipinski definition) is 19. The predicted octanol–water partition coefficient (Wildman–Crippen LogP) is -5.80. The molecule has 0 aliphatic heterocycles. The van der Waals surface area contributed by atoms with Gasteiger partial charge in [-0.05, 0) is 0 Å². The van der Waals surface area contributed by atoms with E-state index in [1.54, 1.807) is 0 Å². The van der Waals surface area contributed by atoms with Crippen LogP contribution in [0.4, 0.5) is 0 Å². The van der Waals surface area contributed by atoms with Gasteiger partial charge in [-0.2, -0.15) is 0 Å². The summed E-state index contributed by atoms with van der Waals surface area (Å²) in [5, 5.41) is 40.4. The Hall–Kier alpha value is 0.610. The highest BCUT2D eigenvalue weighted by molar-refractivity contribution is 7.48. The molecule has 0 heterocycles. The first-order valence-corrected chi connectivity index (χ1v) is 22.9. The molecule has 0 spiro atoms. The summed E-state index contributed by atoms with van der Waals surface area (Å²) in [5.74, 6) is 0. The average Bonchev–Trinajstić information content (AvgIpc) is 2.85. The molecule has 0 aromatic rings. The Balaban J connectivity index is 2.90. The Morgan fingerprint density at radius 3 is 0.627 bits per heavy atom. The average molecular weight is 902 g/mol. The van der Waals surface area contributed by atoms with Gasteiger partial charge in [-0.25, -0.2) is 32.0 Å². The Morgan fingerprint density at radius 1 is 0.255 bits per heavy atom. The molecule has 2 fully saturated rings. The van der Waals surface area contributed by atoms with E-state index >= 15 is 0 Å². The maximum Gasteiger partial charge on any atom is 0.473 e. The fourth-order valence-electron chi connectivity index (χ4n) is 4.55. The van der Waals surface area contributed by atoms with E-state index in [0.717, 1.165) is 0 Å². The van der Waals surface area contributed by atoms with Gasteiger partial charge in [0.25, 0.3) is 0 Å². The van der Waals surface area contributed by atoms with Crippen LogP contribution in [0, 0.1) is 0 Å². The second-order valence-corrected chi connectivity index (χ2v) is 18.4. The lowest BCUT2D eigenvalue weighted by Gasteiger charge is -2.48. The summed E-state index contributed by atoms with van der Waals surface area (Å²) in [4.78, 5) is 123. The smallest absolute Gasteiger partial charge is 0.387 e. The van der Waals surface area contributed by atoms with Crippen LogP contribution in [0.25, 0.3) is 0 Å². The van der Waals surface area contributed by atoms with E-state index in [0.29, 0.717) is 0 Å². The van der Waals surface area contributed by atoms with Crippen molar-refractivity contribution in [2.75, 3.05) is 0 Å². The van der Waals surface area contributed by atoms with Gasteiger partial charge in [-0.1, -0.05) is 0 Å². The Kier molecular flexibility index (Phi) is 15.6. The molecule has 0 bridgehead atoms. The third kappa shape index (κ3) is 15.2. The number of phosphoric ester groups is 7. The van der Waals surface area contributed by atoms with E-state index in [2.05, 4.69) is 36.2 Å². The molecule has 0 amide bonds. The van der Waals surface area contributed by atoms with E-state index in [1.807, 2.05) is 0 Å². The predicted molar refractivity (Wildman–Crippen MR) is 145 cm³/mol. The maximum atomic E-state index is 13.3. The Labute approximate surface area is 280 Å². The molecule has 0 saturated heterocycles. The van der Waals surface area contributed by atoms with E-state index in [4.69, 9.17) is 9.79 Å². The van der Waals surface area contributed by atoms with Crippen LogP contribution < -0.4 is 0 Å². The molecule has 39 heteroatoms. The normalized spacial score (nSPS) is 36.1. The summed E-state index contributed by atoms with van der Waals surface area (Å²) >= 11 is 0. The van der Waals surface area contributed by atoms with Crippen molar-refractivity contribution in [2.45, 2.75) is 73.2 Å². The Morgan fingerprint density at radius 2 is 0.412 bits per heavy atom. The number of hydrogen-bond donors (Lipinski definition) is 17. The first-order valence-electron chi connectivity index (χ1n) is 12.3. The standard InChI is InChI=1S/C12H29O32P7/c13-1-2(14)4(16)6(5(3(1)15)37-45(17,18)19)43-51(35,36)44-12-10(41-49(29,30)31)8(39-47(23,24)25)7(38-46(20,21)22)9(40-48(26,27)28)11(12)42-50(32,33)34/h1-16H,(H,35,36)(H2,17,18,19)(H2,20,21,22)(H2,23,24,25)(H2,26,27,28)(H2,29,30,31)(H2,32,33,34)/t1?,2?,3?,4?,5?,6?,7?,8-,9+,10-,11-,12?/m0/s1. The molecule has 2 aliphatic carbocycles. The molecule has 2 rings (SSSR count). The van der Waals surface area contributed by atoms with Crippen molar-refractivity contribution in [1.29, 1.82) is 0 Å². The van der Waals surface area contributed by atoms with Crippen molar-refractivity contribution >= 4 is 54.8 Å². The van der Waals surface area contributed by atoms with Gasteiger partial charge < -0.3 is 84.0 Å². The Bertz CT molecular complexity index is 1490. The number of phosphoric acid groups is 7. The van der Waals surface area contributed by atoms with E-state index in [9.17, 15) is 106 Å². The topological polar surface area (TPSA) is 537 Å². The molecule has 17 N–H and O–H groups in total. The molecular weight excluding hydrogens is 873 g/mol. The van der Waals surface area contributed by atoms with Gasteiger partial charge >= 0.3 is 54.8 Å². The monoisotopic (exact) mass is 902 g/mol. The second kappa shape index (κ2) is 16.6. The number of aliphatic hydroxyl groups excluding tert-OH is 4. The minimum absolute atomic E-state index is 2.56. The van der Waals surface area contributed by atoms with Gasteiger partial charge in [0.05, 0.1) is 0 Å². The minimum Gasteiger partial charge on any atom is -0.387 e. The van der Waals surface area contributed by atoms with Gasteiger partial charge in [-0.3, -0.25) is 36.2 Å². The van der Waals surface area contributed by atoms with Crippen LogP contribution in [0.1, 0.15) is 0 Å². The molecular formula is C12H29O32P7. The summed E-state index contributed by atoms with van der Waals surface area (Å²) in [6.45, 7) is 0. The van der Waals surface area contributed by atoms with Crippen LogP contribution in [0.15, 0.2) is 0 Å². The third-order valence-corrected chi connectivity index (χ3v) is 10.2. The lowest BCUT2D eigenvalue weighted by atomic mass is 9.85. The van der Waals surface area contributed by atoms with Crippen molar-refractivity contribution in [1.82, 2.24) is 0 Å². The zero-order valence-corrected chi connectivity index (χ0v) is 30.0. The molecule has 51 heavy (non-hydrogen) atoms. The van der Waals surface area contributed by atoms with Crippen molar-refractivity contribution < 1.29 is 152 Å². The van der Waals surface area contributed by atoms with Gasteiger partial charge in [0, 0.05) is 0 Å². The van der Waals surface area contributed by atoms with Crippen molar-refractivity contribution in [3.63, 3.8) is 0 Å². The number of rotatable bonds is 16. The molecule has 32 nitrogen and oxygen atoms in total. The number of aliphatic hydroxyl groups is 4.